The fraction of sp³-hybridized carbons (Fsp3) is 0.263. The molecular weight excluding hydrogens is 352 g/mol. The number of benzene rings is 2. The van der Waals surface area contributed by atoms with Crippen molar-refractivity contribution in [2.75, 3.05) is 0 Å². The summed E-state index contributed by atoms with van der Waals surface area (Å²) >= 11 is 0. The van der Waals surface area contributed by atoms with Gasteiger partial charge >= 0.3 is 0 Å². The molecule has 2 aliphatic carbocycles. The summed E-state index contributed by atoms with van der Waals surface area (Å²) in [6, 6.07) is 9.50. The van der Waals surface area contributed by atoms with Crippen molar-refractivity contribution >= 4 is 16.5 Å². The minimum absolute atomic E-state index is 0.0715. The summed E-state index contributed by atoms with van der Waals surface area (Å²) in [5.41, 5.74) is 1.01. The largest absolute Gasteiger partial charge is 0.494 e. The van der Waals surface area contributed by atoms with Crippen LogP contribution in [0, 0.1) is 10.1 Å². The van der Waals surface area contributed by atoms with Gasteiger partial charge in [-0.15, -0.1) is 0 Å². The first kappa shape index (κ1) is 16.1. The van der Waals surface area contributed by atoms with Gasteiger partial charge in [-0.3, -0.25) is 14.7 Å². The molecule has 0 spiro atoms. The molecule has 2 atom stereocenters. The lowest BCUT2D eigenvalue weighted by molar-refractivity contribution is -0.383. The Balaban J connectivity index is 1.80. The first-order valence-electron chi connectivity index (χ1n) is 8.61. The molecule has 0 aliphatic heterocycles. The van der Waals surface area contributed by atoms with Gasteiger partial charge in [0, 0.05) is 34.4 Å². The van der Waals surface area contributed by atoms with E-state index in [1.165, 1.54) is 16.7 Å². The molecule has 8 nitrogen and oxygen atoms in total. The molecular formula is C19H16N2O6. The Bertz CT molecular complexity index is 1100. The first-order chi connectivity index (χ1) is 12.8. The normalized spacial score (nSPS) is 22.3. The third-order valence-electron chi connectivity index (χ3n) is 5.98. The molecule has 27 heavy (non-hydrogen) atoms. The highest BCUT2D eigenvalue weighted by Crippen LogP contribution is 2.64. The van der Waals surface area contributed by atoms with Crippen molar-refractivity contribution in [3.63, 3.8) is 0 Å². The molecule has 0 unspecified atom stereocenters. The van der Waals surface area contributed by atoms with Crippen LogP contribution in [0.4, 0.5) is 5.69 Å². The molecule has 2 bridgehead atoms. The van der Waals surface area contributed by atoms with Crippen LogP contribution in [0.15, 0.2) is 36.4 Å². The van der Waals surface area contributed by atoms with E-state index < -0.39 is 22.5 Å². The van der Waals surface area contributed by atoms with Gasteiger partial charge in [-0.25, -0.2) is 0 Å². The second kappa shape index (κ2) is 4.99. The molecule has 138 valence electrons. The highest BCUT2D eigenvalue weighted by atomic mass is 16.6. The smallest absolute Gasteiger partial charge is 0.277 e. The molecule has 0 amide bonds. The van der Waals surface area contributed by atoms with Gasteiger partial charge in [-0.1, -0.05) is 18.2 Å². The van der Waals surface area contributed by atoms with Gasteiger partial charge in [-0.2, -0.15) is 0 Å². The van der Waals surface area contributed by atoms with Crippen LogP contribution in [0.3, 0.4) is 0 Å². The summed E-state index contributed by atoms with van der Waals surface area (Å²) in [6.45, 7) is 0. The van der Waals surface area contributed by atoms with Gasteiger partial charge in [-0.05, 0) is 25.0 Å². The molecule has 2 aliphatic rings. The number of non-ortho nitro benzene ring substituents is 1. The first-order valence-corrected chi connectivity index (χ1v) is 8.61. The van der Waals surface area contributed by atoms with Gasteiger partial charge in [0.2, 0.25) is 11.8 Å². The van der Waals surface area contributed by atoms with E-state index in [1.807, 2.05) is 0 Å². The number of nitrogens with zero attached hydrogens (tertiary/aromatic N) is 2. The number of nitro groups is 1. The van der Waals surface area contributed by atoms with Crippen molar-refractivity contribution < 1.29 is 25.3 Å². The number of aromatic nitrogens is 1. The molecule has 1 saturated carbocycles. The van der Waals surface area contributed by atoms with Gasteiger partial charge in [0.05, 0.1) is 16.0 Å². The quantitative estimate of drug-likeness (QED) is 0.313. The zero-order valence-corrected chi connectivity index (χ0v) is 14.0. The Morgan fingerprint density at radius 2 is 1.52 bits per heavy atom. The van der Waals surface area contributed by atoms with Crippen molar-refractivity contribution in [2.45, 2.75) is 30.5 Å². The lowest BCUT2D eigenvalue weighted by atomic mass is 9.95. The van der Waals surface area contributed by atoms with Crippen LogP contribution in [0.5, 0.6) is 11.8 Å². The van der Waals surface area contributed by atoms with E-state index in [-0.39, 0.29) is 17.4 Å². The summed E-state index contributed by atoms with van der Waals surface area (Å²) in [5, 5.41) is 54.5. The molecule has 5 rings (SSSR count). The average Bonchev–Trinajstić information content (AvgIpc) is 3.17. The molecule has 1 fully saturated rings. The van der Waals surface area contributed by atoms with Crippen molar-refractivity contribution in [1.82, 2.24) is 4.57 Å². The van der Waals surface area contributed by atoms with E-state index in [1.54, 1.807) is 24.3 Å². The zero-order chi connectivity index (χ0) is 19.1. The molecule has 4 N–H and O–H groups in total. The Kier molecular flexibility index (Phi) is 2.98. The fourth-order valence-electron chi connectivity index (χ4n) is 4.83. The SMILES string of the molecule is O=[N+]([O-])c1ccc(-n2c(O)c3c(c2O)[C@@H]2CC[C@H]3C2(O)O)c2ccccc12. The maximum Gasteiger partial charge on any atom is 0.277 e. The molecule has 2 aromatic carbocycles. The number of nitro benzene ring substituents is 1. The maximum atomic E-state index is 11.3. The topological polar surface area (TPSA) is 129 Å². The number of fused-ring (bicyclic) bond motifs is 6. The Hall–Kier alpha value is -3.10. The van der Waals surface area contributed by atoms with Gasteiger partial charge < -0.3 is 20.4 Å². The molecule has 0 radical (unpaired) electrons. The number of hydrogen-bond donors (Lipinski definition) is 4. The van der Waals surface area contributed by atoms with Crippen molar-refractivity contribution in [3.8, 4) is 17.4 Å². The third-order valence-corrected chi connectivity index (χ3v) is 5.98. The van der Waals surface area contributed by atoms with E-state index in [2.05, 4.69) is 0 Å². The summed E-state index contributed by atoms with van der Waals surface area (Å²) in [5.74, 6) is -3.85. The molecule has 8 heteroatoms. The number of hydrogen-bond acceptors (Lipinski definition) is 6. The lowest BCUT2D eigenvalue weighted by Gasteiger charge is -2.22. The average molecular weight is 368 g/mol. The van der Waals surface area contributed by atoms with Gasteiger partial charge in [0.15, 0.2) is 5.79 Å². The second-order valence-electron chi connectivity index (χ2n) is 7.18. The van der Waals surface area contributed by atoms with Crippen LogP contribution in [-0.4, -0.2) is 35.7 Å². The Morgan fingerprint density at radius 3 is 2.07 bits per heavy atom. The van der Waals surface area contributed by atoms with E-state index >= 15 is 0 Å². The Labute approximate surface area is 152 Å². The lowest BCUT2D eigenvalue weighted by Crippen LogP contribution is -2.31. The Morgan fingerprint density at radius 1 is 0.963 bits per heavy atom. The molecule has 0 saturated heterocycles. The monoisotopic (exact) mass is 368 g/mol. The number of aromatic hydroxyl groups is 2. The molecule has 1 aromatic heterocycles. The summed E-state index contributed by atoms with van der Waals surface area (Å²) < 4.78 is 1.23. The number of aliphatic hydroxyl groups is 2. The van der Waals surface area contributed by atoms with Crippen molar-refractivity contribution in [2.24, 2.45) is 0 Å². The molecule has 1 heterocycles. The van der Waals surface area contributed by atoms with Crippen LogP contribution in [-0.2, 0) is 0 Å². The van der Waals surface area contributed by atoms with Crippen LogP contribution in [0.2, 0.25) is 0 Å². The number of rotatable bonds is 2. The highest BCUT2D eigenvalue weighted by molar-refractivity contribution is 5.97. The van der Waals surface area contributed by atoms with Gasteiger partial charge in [0.25, 0.3) is 5.69 Å². The van der Waals surface area contributed by atoms with E-state index in [9.17, 15) is 30.5 Å². The standard InChI is InChI=1S/C19H16N2O6/c22-17-15-11-5-6-12(19(11,24)25)16(15)18(23)20(17)13-7-8-14(21(26)27)10-4-2-1-3-9(10)13/h1-4,7-8,11-12,22-25H,5-6H2/t11-,12+. The summed E-state index contributed by atoms with van der Waals surface area (Å²) in [7, 11) is 0. The van der Waals surface area contributed by atoms with E-state index in [0.717, 1.165) is 0 Å². The molecule has 3 aromatic rings. The van der Waals surface area contributed by atoms with Crippen LogP contribution in [0.1, 0.15) is 35.8 Å². The summed E-state index contributed by atoms with van der Waals surface area (Å²) in [6.07, 6.45) is 1.01. The van der Waals surface area contributed by atoms with Gasteiger partial charge in [0.1, 0.15) is 0 Å². The minimum atomic E-state index is -1.98. The second-order valence-corrected chi connectivity index (χ2v) is 7.18. The van der Waals surface area contributed by atoms with E-state index in [0.29, 0.717) is 40.4 Å². The van der Waals surface area contributed by atoms with Crippen LogP contribution < -0.4 is 0 Å². The highest BCUT2D eigenvalue weighted by Gasteiger charge is 2.60. The third kappa shape index (κ3) is 1.83. The summed E-state index contributed by atoms with van der Waals surface area (Å²) in [4.78, 5) is 10.8. The predicted octanol–water partition coefficient (Wildman–Crippen LogP) is 2.61. The van der Waals surface area contributed by atoms with Crippen molar-refractivity contribution in [3.05, 3.63) is 57.6 Å². The fourth-order valence-corrected chi connectivity index (χ4v) is 4.83. The van der Waals surface area contributed by atoms with Crippen LogP contribution >= 0.6 is 0 Å². The minimum Gasteiger partial charge on any atom is -0.494 e. The maximum absolute atomic E-state index is 11.3. The van der Waals surface area contributed by atoms with E-state index in [4.69, 9.17) is 0 Å². The zero-order valence-electron chi connectivity index (χ0n) is 14.0. The van der Waals surface area contributed by atoms with Crippen LogP contribution in [0.25, 0.3) is 16.5 Å². The van der Waals surface area contributed by atoms with Crippen molar-refractivity contribution in [1.29, 1.82) is 0 Å². The predicted molar refractivity (Wildman–Crippen MR) is 95.1 cm³/mol.